The van der Waals surface area contributed by atoms with Crippen molar-refractivity contribution in [3.63, 3.8) is 0 Å². The Balaban J connectivity index is 0. The molecule has 0 saturated heterocycles. The first-order chi connectivity index (χ1) is 6.81. The number of ether oxygens (including phenoxy) is 1. The number of esters is 1. The van der Waals surface area contributed by atoms with Crippen LogP contribution in [0.25, 0.3) is 0 Å². The molecule has 0 fully saturated rings. The fourth-order valence-corrected chi connectivity index (χ4v) is 1.03. The molecule has 0 aromatic rings. The van der Waals surface area contributed by atoms with Crippen molar-refractivity contribution in [3.05, 3.63) is 6.92 Å². The van der Waals surface area contributed by atoms with Gasteiger partial charge in [-0.15, -0.1) is 0 Å². The van der Waals surface area contributed by atoms with Crippen molar-refractivity contribution >= 4 is 19.6 Å². The molecule has 0 aliphatic carbocycles. The van der Waals surface area contributed by atoms with Crippen LogP contribution in [0.1, 0.15) is 45.4 Å². The van der Waals surface area contributed by atoms with Gasteiger partial charge in [-0.05, 0) is 13.3 Å². The van der Waals surface area contributed by atoms with Gasteiger partial charge in [-0.25, -0.2) is 0 Å². The van der Waals surface area contributed by atoms with E-state index in [1.165, 1.54) is 29.2 Å². The van der Waals surface area contributed by atoms with E-state index in [0.717, 1.165) is 19.3 Å². The molecule has 80 valence electrons. The maximum atomic E-state index is 10.8. The van der Waals surface area contributed by atoms with Crippen LogP contribution in [0.15, 0.2) is 0 Å². The van der Waals surface area contributed by atoms with E-state index >= 15 is 0 Å². The molecule has 0 saturated carbocycles. The molecule has 0 aromatic heterocycles. The summed E-state index contributed by atoms with van der Waals surface area (Å²) in [6.45, 7) is 6.09. The first kappa shape index (κ1) is 17.0. The number of unbranched alkanes of at least 4 members (excludes halogenated alkanes) is 4. The summed E-state index contributed by atoms with van der Waals surface area (Å²) in [5.74, 6) is -0.0628. The minimum atomic E-state index is -0.0628. The number of carbonyl (C=O) groups excluding carboxylic acids is 1. The minimum absolute atomic E-state index is 0.0628. The molecule has 0 atom stereocenters. The number of hydrogen-bond acceptors (Lipinski definition) is 2. The summed E-state index contributed by atoms with van der Waals surface area (Å²) >= 11 is 4.25. The van der Waals surface area contributed by atoms with Gasteiger partial charge in [-0.3, -0.25) is 4.79 Å². The van der Waals surface area contributed by atoms with Crippen LogP contribution in [0.3, 0.4) is 0 Å². The molecule has 0 radical (unpaired) electrons. The molecule has 0 heterocycles. The van der Waals surface area contributed by atoms with Gasteiger partial charge in [0, 0.05) is 6.42 Å². The summed E-state index contributed by atoms with van der Waals surface area (Å²) in [4.78, 5) is 10.8. The van der Waals surface area contributed by atoms with Gasteiger partial charge in [0.2, 0.25) is 0 Å². The second kappa shape index (κ2) is 16.0. The van der Waals surface area contributed by atoms with Crippen molar-refractivity contribution in [2.75, 3.05) is 6.61 Å². The molecular weight excluding hydrogens is 297 g/mol. The van der Waals surface area contributed by atoms with Gasteiger partial charge in [0.25, 0.3) is 0 Å². The van der Waals surface area contributed by atoms with Gasteiger partial charge in [-0.1, -0.05) is 19.3 Å². The molecule has 0 spiro atoms. The molecule has 4 heteroatoms. The summed E-state index contributed by atoms with van der Waals surface area (Å²) < 4.78 is 4.80. The molecule has 14 heavy (non-hydrogen) atoms. The summed E-state index contributed by atoms with van der Waals surface area (Å²) in [5, 5.41) is 0. The van der Waals surface area contributed by atoms with Crippen LogP contribution >= 0.6 is 13.6 Å². The summed E-state index contributed by atoms with van der Waals surface area (Å²) in [7, 11) is 0. The number of halogens is 1. The molecule has 0 rings (SSSR count). The molecular formula is C10H19BrO2Zn. The van der Waals surface area contributed by atoms with Crippen molar-refractivity contribution in [1.29, 1.82) is 0 Å². The summed E-state index contributed by atoms with van der Waals surface area (Å²) in [6, 6.07) is 0. The van der Waals surface area contributed by atoms with E-state index in [1.54, 1.807) is 0 Å². The van der Waals surface area contributed by atoms with Crippen LogP contribution < -0.4 is 0 Å². The molecule has 2 nitrogen and oxygen atoms in total. The van der Waals surface area contributed by atoms with E-state index < -0.39 is 0 Å². The van der Waals surface area contributed by atoms with Crippen molar-refractivity contribution in [2.45, 2.75) is 45.4 Å². The Morgan fingerprint density at radius 1 is 1.29 bits per heavy atom. The zero-order chi connectivity index (χ0) is 11.2. The van der Waals surface area contributed by atoms with Crippen molar-refractivity contribution in [3.8, 4) is 0 Å². The zero-order valence-corrected chi connectivity index (χ0v) is 13.6. The van der Waals surface area contributed by atoms with E-state index in [-0.39, 0.29) is 5.97 Å². The first-order valence-electron chi connectivity index (χ1n) is 5.02. The Labute approximate surface area is 104 Å². The van der Waals surface area contributed by atoms with Gasteiger partial charge in [0.15, 0.2) is 0 Å². The van der Waals surface area contributed by atoms with Crippen LogP contribution in [0.5, 0.6) is 0 Å². The Morgan fingerprint density at radius 3 is 2.36 bits per heavy atom. The van der Waals surface area contributed by atoms with Gasteiger partial charge in [-0.2, -0.15) is 6.42 Å². The Morgan fingerprint density at radius 2 is 1.86 bits per heavy atom. The van der Waals surface area contributed by atoms with E-state index in [9.17, 15) is 4.79 Å². The molecule has 0 aliphatic rings. The van der Waals surface area contributed by atoms with Gasteiger partial charge >= 0.3 is 35.9 Å². The second-order valence-corrected chi connectivity index (χ2v) is 2.82. The second-order valence-electron chi connectivity index (χ2n) is 2.82. The van der Waals surface area contributed by atoms with Crippen LogP contribution in [0.2, 0.25) is 0 Å². The van der Waals surface area contributed by atoms with Crippen LogP contribution in [-0.2, 0) is 25.9 Å². The fraction of sp³-hybridized carbons (Fsp3) is 0.800. The Bertz CT molecular complexity index is 121. The molecule has 0 bridgehead atoms. The van der Waals surface area contributed by atoms with Gasteiger partial charge in [0.1, 0.15) is 0 Å². The number of hydrogen-bond donors (Lipinski definition) is 0. The number of rotatable bonds is 7. The Hall–Kier alpha value is 0.573. The number of carbonyl (C=O) groups is 1. The molecule has 0 aliphatic heterocycles. The van der Waals surface area contributed by atoms with E-state index in [0.29, 0.717) is 13.0 Å². The third kappa shape index (κ3) is 15.1. The van der Waals surface area contributed by atoms with Crippen LogP contribution in [-0.4, -0.2) is 12.6 Å². The van der Waals surface area contributed by atoms with E-state index in [4.69, 9.17) is 4.74 Å². The average Bonchev–Trinajstić information content (AvgIpc) is 2.21. The van der Waals surface area contributed by atoms with E-state index in [1.807, 2.05) is 6.92 Å². The topological polar surface area (TPSA) is 26.3 Å². The average molecular weight is 317 g/mol. The van der Waals surface area contributed by atoms with Crippen molar-refractivity contribution in [2.24, 2.45) is 0 Å². The van der Waals surface area contributed by atoms with E-state index in [2.05, 4.69) is 20.5 Å². The zero-order valence-electron chi connectivity index (χ0n) is 9.06. The SMILES string of the molecule is [CH2-]CCCCCCC(=O)OCC.[Zn+][Br]. The van der Waals surface area contributed by atoms with Crippen LogP contribution in [0, 0.1) is 6.92 Å². The normalized spacial score (nSPS) is 8.93. The molecule has 0 aromatic carbocycles. The van der Waals surface area contributed by atoms with Gasteiger partial charge < -0.3 is 11.7 Å². The Kier molecular flexibility index (Phi) is 19.4. The third-order valence-electron chi connectivity index (χ3n) is 1.69. The van der Waals surface area contributed by atoms with Crippen molar-refractivity contribution < 1.29 is 25.9 Å². The molecule has 0 unspecified atom stereocenters. The molecule has 0 N–H and O–H groups in total. The summed E-state index contributed by atoms with van der Waals surface area (Å²) in [6.07, 6.45) is 6.00. The quantitative estimate of drug-likeness (QED) is 0.311. The predicted molar refractivity (Wildman–Crippen MR) is 58.6 cm³/mol. The van der Waals surface area contributed by atoms with Gasteiger partial charge in [0.05, 0.1) is 6.61 Å². The van der Waals surface area contributed by atoms with Crippen LogP contribution in [0.4, 0.5) is 0 Å². The molecule has 0 amide bonds. The first-order valence-corrected chi connectivity index (χ1v) is 12.0. The van der Waals surface area contributed by atoms with Crippen molar-refractivity contribution in [1.82, 2.24) is 0 Å². The fourth-order valence-electron chi connectivity index (χ4n) is 1.03. The monoisotopic (exact) mass is 314 g/mol. The summed E-state index contributed by atoms with van der Waals surface area (Å²) in [5.41, 5.74) is 0. The predicted octanol–water partition coefficient (Wildman–Crippen LogP) is 3.57. The standard InChI is InChI=1S/C10H19O2.BrH.Zn/c1-3-5-6-7-8-9-10(11)12-4-2;;/h1,3-9H2,2H3;1H;/q-1;;+2/p-1. The maximum absolute atomic E-state index is 10.8. The third-order valence-corrected chi connectivity index (χ3v) is 1.69.